The highest BCUT2D eigenvalue weighted by Crippen LogP contribution is 2.21. The number of nitrogens with zero attached hydrogens (tertiary/aromatic N) is 2. The number of pyridine rings is 1. The molecule has 1 unspecified atom stereocenters. The molecule has 1 atom stereocenters. The fourth-order valence-corrected chi connectivity index (χ4v) is 2.30. The molecule has 1 aromatic heterocycles. The van der Waals surface area contributed by atoms with Crippen molar-refractivity contribution in [3.05, 3.63) is 23.4 Å². The van der Waals surface area contributed by atoms with Gasteiger partial charge in [0, 0.05) is 24.3 Å². The normalized spacial score (nSPS) is 19.6. The van der Waals surface area contributed by atoms with E-state index in [0.717, 1.165) is 25.2 Å². The Hall–Kier alpha value is -1.58. The van der Waals surface area contributed by atoms with Crippen molar-refractivity contribution in [1.82, 2.24) is 9.88 Å². The molecule has 1 saturated heterocycles. The second-order valence-corrected chi connectivity index (χ2v) is 5.51. The molecular weight excluding hydrogens is 226 g/mol. The quantitative estimate of drug-likeness (QED) is 0.872. The smallest absolute Gasteiger partial charge is 0.254 e. The van der Waals surface area contributed by atoms with Crippen molar-refractivity contribution in [3.8, 4) is 0 Å². The van der Waals surface area contributed by atoms with E-state index in [2.05, 4.69) is 11.9 Å². The molecule has 0 aromatic carbocycles. The van der Waals surface area contributed by atoms with Gasteiger partial charge in [0.25, 0.3) is 5.91 Å². The van der Waals surface area contributed by atoms with Crippen LogP contribution in [0.1, 0.15) is 49.2 Å². The molecule has 0 aliphatic carbocycles. The number of rotatable bonds is 2. The lowest BCUT2D eigenvalue weighted by Crippen LogP contribution is -2.28. The van der Waals surface area contributed by atoms with Crippen molar-refractivity contribution in [2.24, 2.45) is 5.92 Å². The van der Waals surface area contributed by atoms with Crippen LogP contribution in [0.15, 0.2) is 12.1 Å². The monoisotopic (exact) mass is 247 g/mol. The van der Waals surface area contributed by atoms with E-state index in [4.69, 9.17) is 5.73 Å². The van der Waals surface area contributed by atoms with Crippen LogP contribution in [-0.4, -0.2) is 28.9 Å². The first-order valence-electron chi connectivity index (χ1n) is 6.54. The molecule has 1 aliphatic heterocycles. The van der Waals surface area contributed by atoms with Gasteiger partial charge in [-0.25, -0.2) is 4.98 Å². The SMILES string of the molecule is CC1CCN(C(=O)c2cc(N)nc(C(C)C)c2)C1. The number of carbonyl (C=O) groups excluding carboxylic acids is 1. The molecule has 0 bridgehead atoms. The van der Waals surface area contributed by atoms with Gasteiger partial charge in [-0.05, 0) is 30.4 Å². The maximum Gasteiger partial charge on any atom is 0.254 e. The van der Waals surface area contributed by atoms with Crippen LogP contribution in [0, 0.1) is 5.92 Å². The first-order chi connectivity index (χ1) is 8.47. The van der Waals surface area contributed by atoms with Crippen molar-refractivity contribution in [2.75, 3.05) is 18.8 Å². The average Bonchev–Trinajstić information content (AvgIpc) is 2.74. The number of aromatic nitrogens is 1. The Morgan fingerprint density at radius 2 is 2.22 bits per heavy atom. The topological polar surface area (TPSA) is 59.2 Å². The number of amides is 1. The summed E-state index contributed by atoms with van der Waals surface area (Å²) < 4.78 is 0. The zero-order chi connectivity index (χ0) is 13.3. The van der Waals surface area contributed by atoms with Gasteiger partial charge >= 0.3 is 0 Å². The van der Waals surface area contributed by atoms with Gasteiger partial charge < -0.3 is 10.6 Å². The van der Waals surface area contributed by atoms with Crippen LogP contribution in [0.5, 0.6) is 0 Å². The maximum atomic E-state index is 12.4. The summed E-state index contributed by atoms with van der Waals surface area (Å²) in [6, 6.07) is 3.55. The zero-order valence-corrected chi connectivity index (χ0v) is 11.3. The minimum absolute atomic E-state index is 0.0790. The molecule has 0 saturated carbocycles. The van der Waals surface area contributed by atoms with Crippen LogP contribution in [-0.2, 0) is 0 Å². The highest BCUT2D eigenvalue weighted by molar-refractivity contribution is 5.95. The highest BCUT2D eigenvalue weighted by Gasteiger charge is 2.24. The van der Waals surface area contributed by atoms with Crippen LogP contribution < -0.4 is 5.73 Å². The van der Waals surface area contributed by atoms with Gasteiger partial charge in [-0.15, -0.1) is 0 Å². The van der Waals surface area contributed by atoms with Gasteiger partial charge in [-0.2, -0.15) is 0 Å². The van der Waals surface area contributed by atoms with E-state index in [9.17, 15) is 4.79 Å². The van der Waals surface area contributed by atoms with E-state index in [1.54, 1.807) is 6.07 Å². The predicted molar refractivity (Wildman–Crippen MR) is 72.4 cm³/mol. The van der Waals surface area contributed by atoms with Gasteiger partial charge in [0.1, 0.15) is 5.82 Å². The van der Waals surface area contributed by atoms with E-state index in [-0.39, 0.29) is 11.8 Å². The molecule has 18 heavy (non-hydrogen) atoms. The Morgan fingerprint density at radius 3 is 2.78 bits per heavy atom. The lowest BCUT2D eigenvalue weighted by Gasteiger charge is -2.17. The summed E-state index contributed by atoms with van der Waals surface area (Å²) in [5, 5.41) is 0. The Kier molecular flexibility index (Phi) is 3.55. The molecule has 2 rings (SSSR count). The molecule has 0 spiro atoms. The molecule has 1 aromatic rings. The number of nitrogen functional groups attached to an aromatic ring is 1. The van der Waals surface area contributed by atoms with Crippen molar-refractivity contribution >= 4 is 11.7 Å². The van der Waals surface area contributed by atoms with E-state index in [0.29, 0.717) is 17.3 Å². The van der Waals surface area contributed by atoms with Gasteiger partial charge in [0.05, 0.1) is 0 Å². The Bertz CT molecular complexity index is 456. The van der Waals surface area contributed by atoms with Crippen LogP contribution in [0.2, 0.25) is 0 Å². The van der Waals surface area contributed by atoms with E-state index in [1.165, 1.54) is 0 Å². The second kappa shape index (κ2) is 4.96. The Balaban J connectivity index is 2.24. The van der Waals surface area contributed by atoms with Crippen LogP contribution >= 0.6 is 0 Å². The Labute approximate surface area is 108 Å². The second-order valence-electron chi connectivity index (χ2n) is 5.51. The number of likely N-dealkylation sites (tertiary alicyclic amines) is 1. The molecule has 98 valence electrons. The minimum atomic E-state index is 0.0790. The molecule has 1 amide bonds. The van der Waals surface area contributed by atoms with Crippen molar-refractivity contribution < 1.29 is 4.79 Å². The first-order valence-corrected chi connectivity index (χ1v) is 6.54. The first kappa shape index (κ1) is 12.9. The average molecular weight is 247 g/mol. The Morgan fingerprint density at radius 1 is 1.50 bits per heavy atom. The molecule has 2 heterocycles. The molecule has 4 heteroatoms. The minimum Gasteiger partial charge on any atom is -0.384 e. The summed E-state index contributed by atoms with van der Waals surface area (Å²) in [5.41, 5.74) is 7.33. The van der Waals surface area contributed by atoms with Crippen LogP contribution in [0.25, 0.3) is 0 Å². The fraction of sp³-hybridized carbons (Fsp3) is 0.571. The summed E-state index contributed by atoms with van der Waals surface area (Å²) in [7, 11) is 0. The van der Waals surface area contributed by atoms with Gasteiger partial charge in [-0.1, -0.05) is 20.8 Å². The number of nitrogens with two attached hydrogens (primary N) is 1. The fourth-order valence-electron chi connectivity index (χ4n) is 2.30. The largest absolute Gasteiger partial charge is 0.384 e. The number of carbonyl (C=O) groups is 1. The number of anilines is 1. The van der Waals surface area contributed by atoms with E-state index >= 15 is 0 Å². The summed E-state index contributed by atoms with van der Waals surface area (Å²) in [6.07, 6.45) is 1.09. The van der Waals surface area contributed by atoms with Gasteiger partial charge in [0.2, 0.25) is 0 Å². The molecule has 2 N–H and O–H groups in total. The predicted octanol–water partition coefficient (Wildman–Crippen LogP) is 2.27. The molecule has 1 fully saturated rings. The van der Waals surface area contributed by atoms with E-state index < -0.39 is 0 Å². The highest BCUT2D eigenvalue weighted by atomic mass is 16.2. The number of hydrogen-bond acceptors (Lipinski definition) is 3. The van der Waals surface area contributed by atoms with Crippen molar-refractivity contribution in [3.63, 3.8) is 0 Å². The number of hydrogen-bond donors (Lipinski definition) is 1. The molecule has 0 radical (unpaired) electrons. The summed E-state index contributed by atoms with van der Waals surface area (Å²) in [6.45, 7) is 7.97. The molecule has 1 aliphatic rings. The van der Waals surface area contributed by atoms with Crippen molar-refractivity contribution in [1.29, 1.82) is 0 Å². The van der Waals surface area contributed by atoms with Crippen LogP contribution in [0.4, 0.5) is 5.82 Å². The van der Waals surface area contributed by atoms with Gasteiger partial charge in [-0.3, -0.25) is 4.79 Å². The standard InChI is InChI=1S/C14H21N3O/c1-9(2)12-6-11(7-13(15)16-12)14(18)17-5-4-10(3)8-17/h6-7,9-10H,4-5,8H2,1-3H3,(H2,15,16). The lowest BCUT2D eigenvalue weighted by molar-refractivity contribution is 0.0788. The van der Waals surface area contributed by atoms with Crippen molar-refractivity contribution in [2.45, 2.75) is 33.1 Å². The molecular formula is C14H21N3O. The third kappa shape index (κ3) is 2.63. The third-order valence-corrected chi connectivity index (χ3v) is 3.41. The molecule has 4 nitrogen and oxygen atoms in total. The van der Waals surface area contributed by atoms with Crippen LogP contribution in [0.3, 0.4) is 0 Å². The van der Waals surface area contributed by atoms with Gasteiger partial charge in [0.15, 0.2) is 0 Å². The lowest BCUT2D eigenvalue weighted by atomic mass is 10.1. The zero-order valence-electron chi connectivity index (χ0n) is 11.3. The van der Waals surface area contributed by atoms with E-state index in [1.807, 2.05) is 24.8 Å². The summed E-state index contributed by atoms with van der Waals surface area (Å²) in [4.78, 5) is 18.5. The summed E-state index contributed by atoms with van der Waals surface area (Å²) >= 11 is 0. The maximum absolute atomic E-state index is 12.4. The summed E-state index contributed by atoms with van der Waals surface area (Å²) in [5.74, 6) is 1.38. The third-order valence-electron chi connectivity index (χ3n) is 3.41.